The molecule has 4 rings (SSSR count). The van der Waals surface area contributed by atoms with Gasteiger partial charge in [-0.25, -0.2) is 18.0 Å². The highest BCUT2D eigenvalue weighted by Crippen LogP contribution is 2.30. The van der Waals surface area contributed by atoms with Crippen LogP contribution >= 0.6 is 0 Å². The second-order valence-corrected chi connectivity index (χ2v) is 6.53. The van der Waals surface area contributed by atoms with Crippen LogP contribution in [0.3, 0.4) is 0 Å². The Labute approximate surface area is 168 Å². The Morgan fingerprint density at radius 3 is 2.43 bits per heavy atom. The van der Waals surface area contributed by atoms with Crippen molar-refractivity contribution in [3.8, 4) is 22.4 Å². The Kier molecular flexibility index (Phi) is 4.87. The molecule has 7 heteroatoms. The number of ether oxygens (including phenoxy) is 1. The van der Waals surface area contributed by atoms with Gasteiger partial charge in [0.25, 0.3) is 0 Å². The monoisotopic (exact) mass is 409 g/mol. The van der Waals surface area contributed by atoms with E-state index in [2.05, 4.69) is 4.74 Å². The van der Waals surface area contributed by atoms with Crippen LogP contribution in [0.15, 0.2) is 71.7 Å². The maximum absolute atomic E-state index is 14.7. The number of pyridine rings is 2. The molecule has 4 nitrogen and oxygen atoms in total. The molecular formula is C23H14F3NO3. The molecule has 0 atom stereocenters. The van der Waals surface area contributed by atoms with Gasteiger partial charge >= 0.3 is 5.97 Å². The molecule has 0 N–H and O–H groups in total. The van der Waals surface area contributed by atoms with E-state index in [9.17, 15) is 22.8 Å². The van der Waals surface area contributed by atoms with Gasteiger partial charge in [0.1, 0.15) is 17.5 Å². The molecule has 2 heterocycles. The first kappa shape index (κ1) is 19.4. The number of aromatic nitrogens is 1. The molecule has 0 spiro atoms. The summed E-state index contributed by atoms with van der Waals surface area (Å²) in [6.45, 7) is 0. The van der Waals surface area contributed by atoms with Gasteiger partial charge in [-0.2, -0.15) is 0 Å². The minimum atomic E-state index is -0.776. The number of esters is 1. The van der Waals surface area contributed by atoms with Gasteiger partial charge in [0, 0.05) is 29.5 Å². The molecular weight excluding hydrogens is 395 g/mol. The molecule has 0 aliphatic heterocycles. The molecule has 0 amide bonds. The number of nitrogens with zero attached hydrogens (tertiary/aromatic N) is 1. The van der Waals surface area contributed by atoms with Crippen molar-refractivity contribution in [2.45, 2.75) is 0 Å². The Bertz CT molecular complexity index is 1360. The van der Waals surface area contributed by atoms with Crippen molar-refractivity contribution in [3.05, 3.63) is 100 Å². The number of hydrogen-bond acceptors (Lipinski definition) is 3. The number of fused-ring (bicyclic) bond motifs is 1. The van der Waals surface area contributed by atoms with Gasteiger partial charge < -0.3 is 9.14 Å². The molecule has 0 saturated carbocycles. The standard InChI is InChI=1S/C23H14F3NO3/c1-30-23(29)13-5-8-17(25)16(11-13)22-20-4-2-3-19(27(20)10-9-21(22)28)15-7-6-14(24)12-18(15)26/h2-12H,1H3. The molecule has 0 radical (unpaired) electrons. The van der Waals surface area contributed by atoms with E-state index in [-0.39, 0.29) is 22.3 Å². The Balaban J connectivity index is 2.03. The summed E-state index contributed by atoms with van der Waals surface area (Å²) in [5.41, 5.74) is 0.271. The van der Waals surface area contributed by atoms with E-state index in [1.807, 2.05) is 0 Å². The van der Waals surface area contributed by atoms with Crippen molar-refractivity contribution in [2.24, 2.45) is 0 Å². The van der Waals surface area contributed by atoms with Crippen LogP contribution in [0, 0.1) is 17.5 Å². The summed E-state index contributed by atoms with van der Waals surface area (Å²) in [6.07, 6.45) is 1.43. The zero-order chi connectivity index (χ0) is 21.4. The summed E-state index contributed by atoms with van der Waals surface area (Å²) in [5, 5.41) is 0. The first-order chi connectivity index (χ1) is 14.4. The number of methoxy groups -OCH3 is 1. The fraction of sp³-hybridized carbons (Fsp3) is 0.0435. The average molecular weight is 409 g/mol. The first-order valence-corrected chi connectivity index (χ1v) is 8.89. The minimum absolute atomic E-state index is 0.00474. The smallest absolute Gasteiger partial charge is 0.337 e. The second kappa shape index (κ2) is 7.51. The number of rotatable bonds is 3. The van der Waals surface area contributed by atoms with Crippen LogP contribution in [0.5, 0.6) is 0 Å². The maximum atomic E-state index is 14.7. The molecule has 2 aromatic carbocycles. The third-order valence-electron chi connectivity index (χ3n) is 4.77. The zero-order valence-corrected chi connectivity index (χ0v) is 15.7. The van der Waals surface area contributed by atoms with Crippen LogP contribution in [-0.2, 0) is 4.74 Å². The molecule has 0 unspecified atom stereocenters. The minimum Gasteiger partial charge on any atom is -0.465 e. The predicted octanol–water partition coefficient (Wildman–Crippen LogP) is 4.84. The summed E-state index contributed by atoms with van der Waals surface area (Å²) in [7, 11) is 1.20. The van der Waals surface area contributed by atoms with Gasteiger partial charge in [0.2, 0.25) is 0 Å². The molecule has 0 saturated heterocycles. The third kappa shape index (κ3) is 3.24. The van der Waals surface area contributed by atoms with Crippen molar-refractivity contribution in [3.63, 3.8) is 0 Å². The van der Waals surface area contributed by atoms with Crippen molar-refractivity contribution in [2.75, 3.05) is 7.11 Å². The van der Waals surface area contributed by atoms with Crippen molar-refractivity contribution in [1.29, 1.82) is 0 Å². The average Bonchev–Trinajstić information content (AvgIpc) is 2.73. The lowest BCUT2D eigenvalue weighted by Crippen LogP contribution is -2.10. The fourth-order valence-corrected chi connectivity index (χ4v) is 3.39. The summed E-state index contributed by atoms with van der Waals surface area (Å²) >= 11 is 0. The molecule has 0 bridgehead atoms. The van der Waals surface area contributed by atoms with Gasteiger partial charge in [-0.15, -0.1) is 0 Å². The second-order valence-electron chi connectivity index (χ2n) is 6.53. The Morgan fingerprint density at radius 2 is 1.70 bits per heavy atom. The lowest BCUT2D eigenvalue weighted by Gasteiger charge is -2.14. The van der Waals surface area contributed by atoms with E-state index in [4.69, 9.17) is 0 Å². The molecule has 0 aliphatic carbocycles. The SMILES string of the molecule is COC(=O)c1ccc(F)c(-c2c(=O)ccn3c(-c4ccc(F)cc4F)cccc23)c1. The van der Waals surface area contributed by atoms with E-state index in [1.54, 1.807) is 18.2 Å². The van der Waals surface area contributed by atoms with E-state index >= 15 is 0 Å². The molecule has 150 valence electrons. The number of halogens is 3. The largest absolute Gasteiger partial charge is 0.465 e. The highest BCUT2D eigenvalue weighted by atomic mass is 19.1. The van der Waals surface area contributed by atoms with Crippen molar-refractivity contribution < 1.29 is 22.7 Å². The Morgan fingerprint density at radius 1 is 0.900 bits per heavy atom. The topological polar surface area (TPSA) is 47.8 Å². The van der Waals surface area contributed by atoms with Crippen LogP contribution < -0.4 is 5.43 Å². The van der Waals surface area contributed by atoms with E-state index < -0.39 is 28.8 Å². The summed E-state index contributed by atoms with van der Waals surface area (Å²) < 4.78 is 48.5. The van der Waals surface area contributed by atoms with Crippen LogP contribution in [0.25, 0.3) is 27.9 Å². The maximum Gasteiger partial charge on any atom is 0.337 e. The number of carbonyl (C=O) groups is 1. The summed E-state index contributed by atoms with van der Waals surface area (Å²) in [6, 6.07) is 12.7. The van der Waals surface area contributed by atoms with Gasteiger partial charge in [-0.3, -0.25) is 4.79 Å². The first-order valence-electron chi connectivity index (χ1n) is 8.89. The highest BCUT2D eigenvalue weighted by Gasteiger charge is 2.18. The summed E-state index contributed by atoms with van der Waals surface area (Å²) in [4.78, 5) is 24.5. The predicted molar refractivity (Wildman–Crippen MR) is 106 cm³/mol. The van der Waals surface area contributed by atoms with Crippen LogP contribution in [0.4, 0.5) is 13.2 Å². The van der Waals surface area contributed by atoms with Crippen LogP contribution in [0.1, 0.15) is 10.4 Å². The lowest BCUT2D eigenvalue weighted by molar-refractivity contribution is 0.0600. The van der Waals surface area contributed by atoms with E-state index in [0.717, 1.165) is 18.2 Å². The van der Waals surface area contributed by atoms with Gasteiger partial charge in [0.15, 0.2) is 5.43 Å². The third-order valence-corrected chi connectivity index (χ3v) is 4.77. The molecule has 0 aliphatic rings. The van der Waals surface area contributed by atoms with E-state index in [1.165, 1.54) is 42.0 Å². The van der Waals surface area contributed by atoms with Crippen molar-refractivity contribution in [1.82, 2.24) is 4.40 Å². The normalized spacial score (nSPS) is 10.9. The van der Waals surface area contributed by atoms with Crippen LogP contribution in [0.2, 0.25) is 0 Å². The fourth-order valence-electron chi connectivity index (χ4n) is 3.39. The lowest BCUT2D eigenvalue weighted by atomic mass is 10.00. The Hall–Kier alpha value is -3.87. The highest BCUT2D eigenvalue weighted by molar-refractivity contribution is 5.92. The van der Waals surface area contributed by atoms with Gasteiger partial charge in [0.05, 0.1) is 29.4 Å². The molecule has 4 aromatic rings. The zero-order valence-electron chi connectivity index (χ0n) is 15.7. The number of carbonyl (C=O) groups excluding carboxylic acids is 1. The van der Waals surface area contributed by atoms with Crippen molar-refractivity contribution >= 4 is 11.5 Å². The van der Waals surface area contributed by atoms with E-state index in [0.29, 0.717) is 11.2 Å². The molecule has 30 heavy (non-hydrogen) atoms. The number of benzene rings is 2. The van der Waals surface area contributed by atoms with Gasteiger partial charge in [-0.05, 0) is 42.5 Å². The molecule has 2 aromatic heterocycles. The number of hydrogen-bond donors (Lipinski definition) is 0. The summed E-state index contributed by atoms with van der Waals surface area (Å²) in [5.74, 6) is -2.87. The van der Waals surface area contributed by atoms with Crippen LogP contribution in [-0.4, -0.2) is 17.5 Å². The van der Waals surface area contributed by atoms with Gasteiger partial charge in [-0.1, -0.05) is 6.07 Å². The molecule has 0 fully saturated rings. The quantitative estimate of drug-likeness (QED) is 0.455.